The summed E-state index contributed by atoms with van der Waals surface area (Å²) >= 11 is 0. The molecule has 0 saturated carbocycles. The van der Waals surface area contributed by atoms with Crippen molar-refractivity contribution in [3.63, 3.8) is 0 Å². The highest BCUT2D eigenvalue weighted by Crippen LogP contribution is 1.81. The van der Waals surface area contributed by atoms with E-state index in [1.165, 1.54) is 18.7 Å². The lowest BCUT2D eigenvalue weighted by Gasteiger charge is -1.85. The lowest BCUT2D eigenvalue weighted by Crippen LogP contribution is -2.03. The van der Waals surface area contributed by atoms with Gasteiger partial charge in [-0.2, -0.15) is 0 Å². The second-order valence-electron chi connectivity index (χ2n) is 1.79. The molecule has 0 aromatic carbocycles. The largest absolute Gasteiger partial charge is 0.478 e. The summed E-state index contributed by atoms with van der Waals surface area (Å²) < 4.78 is 0.972. The molecule has 1 heterocycles. The molecule has 0 aliphatic rings. The Bertz CT molecular complexity index is 291. The molecule has 0 atom stereocenters. The molecule has 0 aliphatic heterocycles. The van der Waals surface area contributed by atoms with Crippen molar-refractivity contribution in [2.45, 2.75) is 0 Å². The summed E-state index contributed by atoms with van der Waals surface area (Å²) in [7, 11) is 0. The number of carboxylic acids is 1. The van der Waals surface area contributed by atoms with Gasteiger partial charge in [-0.05, 0) is 0 Å². The van der Waals surface area contributed by atoms with E-state index in [2.05, 4.69) is 11.6 Å². The number of aromatic nitrogens is 2. The maximum Gasteiger partial charge on any atom is 0.416 e. The number of carbonyl (C=O) groups is 2. The van der Waals surface area contributed by atoms with Crippen molar-refractivity contribution in [1.29, 1.82) is 0 Å². The Balaban J connectivity index is 0.000000252. The van der Waals surface area contributed by atoms with Gasteiger partial charge >= 0.3 is 12.1 Å². The summed E-state index contributed by atoms with van der Waals surface area (Å²) in [5.74, 6) is -0.981. The fourth-order valence-electron chi connectivity index (χ4n) is 0.372. The minimum Gasteiger partial charge on any atom is -0.478 e. The van der Waals surface area contributed by atoms with E-state index in [0.29, 0.717) is 0 Å². The third kappa shape index (κ3) is 5.19. The molecule has 0 radical (unpaired) electrons. The standard InChI is InChI=1S/C4H4N2O2.C3H4O2/c7-4(8)6-2-1-5-3-6;1-2-3(4)5/h1-3H,(H,7,8);2H,1H2,(H,4,5). The zero-order chi connectivity index (χ0) is 10.3. The minimum absolute atomic E-state index is 0.833. The Morgan fingerprint density at radius 3 is 2.15 bits per heavy atom. The molecular formula is C7H8N2O4. The van der Waals surface area contributed by atoms with Crippen LogP contribution in [-0.4, -0.2) is 31.8 Å². The van der Waals surface area contributed by atoms with Crippen molar-refractivity contribution in [3.05, 3.63) is 31.4 Å². The quantitative estimate of drug-likeness (QED) is 0.625. The zero-order valence-electron chi connectivity index (χ0n) is 6.62. The van der Waals surface area contributed by atoms with Crippen LogP contribution in [0, 0.1) is 0 Å². The topological polar surface area (TPSA) is 92.4 Å². The smallest absolute Gasteiger partial charge is 0.416 e. The van der Waals surface area contributed by atoms with E-state index in [-0.39, 0.29) is 0 Å². The molecule has 1 aromatic heterocycles. The van der Waals surface area contributed by atoms with E-state index >= 15 is 0 Å². The van der Waals surface area contributed by atoms with Crippen LogP contribution in [0.2, 0.25) is 0 Å². The van der Waals surface area contributed by atoms with Crippen LogP contribution in [0.5, 0.6) is 0 Å². The van der Waals surface area contributed by atoms with Gasteiger partial charge in [-0.25, -0.2) is 19.1 Å². The molecule has 2 N–H and O–H groups in total. The predicted molar refractivity (Wildman–Crippen MR) is 43.5 cm³/mol. The van der Waals surface area contributed by atoms with Crippen LogP contribution in [0.4, 0.5) is 4.79 Å². The Morgan fingerprint density at radius 1 is 1.46 bits per heavy atom. The third-order valence-corrected chi connectivity index (χ3v) is 0.900. The summed E-state index contributed by atoms with van der Waals surface area (Å²) in [6.45, 7) is 2.96. The summed E-state index contributed by atoms with van der Waals surface area (Å²) in [5.41, 5.74) is 0. The lowest BCUT2D eigenvalue weighted by molar-refractivity contribution is -0.131. The summed E-state index contributed by atoms with van der Waals surface area (Å²) in [6.07, 6.45) is 3.82. The van der Waals surface area contributed by atoms with Gasteiger partial charge in [0.15, 0.2) is 0 Å². The van der Waals surface area contributed by atoms with E-state index in [1.807, 2.05) is 0 Å². The van der Waals surface area contributed by atoms with Gasteiger partial charge in [0.1, 0.15) is 6.33 Å². The lowest BCUT2D eigenvalue weighted by atomic mass is 10.7. The van der Waals surface area contributed by atoms with Crippen molar-refractivity contribution in [2.75, 3.05) is 0 Å². The molecule has 0 spiro atoms. The monoisotopic (exact) mass is 184 g/mol. The molecule has 0 aliphatic carbocycles. The highest BCUT2D eigenvalue weighted by molar-refractivity contribution is 5.78. The SMILES string of the molecule is C=CC(=O)O.O=C(O)n1ccnc1. The van der Waals surface area contributed by atoms with Crippen LogP contribution in [-0.2, 0) is 4.79 Å². The molecule has 0 amide bonds. The maximum atomic E-state index is 9.98. The fraction of sp³-hybridized carbons (Fsp3) is 0. The van der Waals surface area contributed by atoms with Crippen molar-refractivity contribution in [3.8, 4) is 0 Å². The molecule has 1 aromatic rings. The van der Waals surface area contributed by atoms with E-state index in [1.54, 1.807) is 0 Å². The van der Waals surface area contributed by atoms with Crippen LogP contribution in [0.1, 0.15) is 0 Å². The van der Waals surface area contributed by atoms with Crippen molar-refractivity contribution >= 4 is 12.1 Å². The molecular weight excluding hydrogens is 176 g/mol. The average molecular weight is 184 g/mol. The third-order valence-electron chi connectivity index (χ3n) is 0.900. The molecule has 0 unspecified atom stereocenters. The number of hydrogen-bond donors (Lipinski definition) is 2. The van der Waals surface area contributed by atoms with Crippen molar-refractivity contribution in [1.82, 2.24) is 9.55 Å². The molecule has 0 fully saturated rings. The van der Waals surface area contributed by atoms with Crippen LogP contribution in [0.15, 0.2) is 31.4 Å². The van der Waals surface area contributed by atoms with E-state index in [9.17, 15) is 9.59 Å². The van der Waals surface area contributed by atoms with Crippen LogP contribution >= 0.6 is 0 Å². The zero-order valence-corrected chi connectivity index (χ0v) is 6.62. The first-order valence-electron chi connectivity index (χ1n) is 3.14. The van der Waals surface area contributed by atoms with Crippen LogP contribution in [0.25, 0.3) is 0 Å². The number of nitrogens with zero attached hydrogens (tertiary/aromatic N) is 2. The second-order valence-corrected chi connectivity index (χ2v) is 1.79. The highest BCUT2D eigenvalue weighted by atomic mass is 16.4. The van der Waals surface area contributed by atoms with Gasteiger partial charge in [0.05, 0.1) is 0 Å². The van der Waals surface area contributed by atoms with Crippen LogP contribution < -0.4 is 0 Å². The first-order valence-corrected chi connectivity index (χ1v) is 3.14. The fourth-order valence-corrected chi connectivity index (χ4v) is 0.372. The van der Waals surface area contributed by atoms with Crippen molar-refractivity contribution in [2.24, 2.45) is 0 Å². The van der Waals surface area contributed by atoms with Gasteiger partial charge < -0.3 is 10.2 Å². The average Bonchev–Trinajstić information content (AvgIpc) is 2.57. The summed E-state index contributed by atoms with van der Waals surface area (Å²) in [4.78, 5) is 22.8. The molecule has 0 bridgehead atoms. The van der Waals surface area contributed by atoms with Gasteiger partial charge in [0.2, 0.25) is 0 Å². The van der Waals surface area contributed by atoms with E-state index in [4.69, 9.17) is 10.2 Å². The van der Waals surface area contributed by atoms with Gasteiger partial charge in [0.25, 0.3) is 0 Å². The molecule has 6 nitrogen and oxygen atoms in total. The van der Waals surface area contributed by atoms with Crippen molar-refractivity contribution < 1.29 is 19.8 Å². The normalized spacial score (nSPS) is 8.00. The van der Waals surface area contributed by atoms with Gasteiger partial charge in [-0.1, -0.05) is 6.58 Å². The Kier molecular flexibility index (Phi) is 4.63. The number of aliphatic carboxylic acids is 1. The molecule has 70 valence electrons. The second kappa shape index (κ2) is 5.53. The van der Waals surface area contributed by atoms with Gasteiger partial charge in [0, 0.05) is 18.5 Å². The predicted octanol–water partition coefficient (Wildman–Crippen LogP) is 0.666. The molecule has 6 heteroatoms. The molecule has 13 heavy (non-hydrogen) atoms. The molecule has 0 saturated heterocycles. The first kappa shape index (κ1) is 10.9. The van der Waals surface area contributed by atoms with Gasteiger partial charge in [-0.3, -0.25) is 0 Å². The summed E-state index contributed by atoms with van der Waals surface area (Å²) in [6, 6.07) is 0. The number of rotatable bonds is 1. The number of hydrogen-bond acceptors (Lipinski definition) is 3. The van der Waals surface area contributed by atoms with E-state index < -0.39 is 12.1 Å². The first-order chi connectivity index (χ1) is 6.07. The Morgan fingerprint density at radius 2 is 2.00 bits per heavy atom. The summed E-state index contributed by atoms with van der Waals surface area (Å²) in [5, 5.41) is 15.8. The molecule has 1 rings (SSSR count). The van der Waals surface area contributed by atoms with Gasteiger partial charge in [-0.15, -0.1) is 0 Å². The Labute approximate surface area is 73.8 Å². The number of carboxylic acid groups (broad SMARTS) is 2. The highest BCUT2D eigenvalue weighted by Gasteiger charge is 1.94. The Hall–Kier alpha value is -2.11. The minimum atomic E-state index is -1.01. The van der Waals surface area contributed by atoms with E-state index in [0.717, 1.165) is 10.6 Å². The van der Waals surface area contributed by atoms with Crippen LogP contribution in [0.3, 0.4) is 0 Å². The maximum absolute atomic E-state index is 9.98. The number of imidazole rings is 1.